The monoisotopic (exact) mass is 155 g/mol. The van der Waals surface area contributed by atoms with Gasteiger partial charge in [0.25, 0.3) is 0 Å². The molecule has 1 unspecified atom stereocenters. The van der Waals surface area contributed by atoms with Crippen LogP contribution in [0.25, 0.3) is 0 Å². The van der Waals surface area contributed by atoms with E-state index in [0.29, 0.717) is 11.5 Å². The lowest BCUT2D eigenvalue weighted by Crippen LogP contribution is -2.23. The molecular formula is C9H17NO. The van der Waals surface area contributed by atoms with Gasteiger partial charge < -0.3 is 10.5 Å². The molecule has 1 heterocycles. The zero-order valence-corrected chi connectivity index (χ0v) is 7.01. The normalized spacial score (nSPS) is 34.1. The predicted molar refractivity (Wildman–Crippen MR) is 44.3 cm³/mol. The van der Waals surface area contributed by atoms with Gasteiger partial charge in [0.2, 0.25) is 0 Å². The molecule has 0 aromatic heterocycles. The van der Waals surface area contributed by atoms with E-state index in [2.05, 4.69) is 0 Å². The number of hydrogen-bond donors (Lipinski definition) is 1. The average Bonchev–Trinajstić information content (AvgIpc) is 2.63. The highest BCUT2D eigenvalue weighted by Gasteiger charge is 2.49. The number of nitrogens with two attached hydrogens (primary N) is 1. The molecule has 1 saturated carbocycles. The smallest absolute Gasteiger partial charge is 0.0632 e. The van der Waals surface area contributed by atoms with E-state index in [4.69, 9.17) is 10.5 Å². The van der Waals surface area contributed by atoms with Gasteiger partial charge in [-0.05, 0) is 44.1 Å². The molecule has 64 valence electrons. The maximum absolute atomic E-state index is 5.68. The summed E-state index contributed by atoms with van der Waals surface area (Å²) in [5.74, 6) is 0. The highest BCUT2D eigenvalue weighted by molar-refractivity contribution is 5.00. The molecule has 2 nitrogen and oxygen atoms in total. The van der Waals surface area contributed by atoms with Gasteiger partial charge in [-0.1, -0.05) is 0 Å². The van der Waals surface area contributed by atoms with Crippen LogP contribution in [0.3, 0.4) is 0 Å². The van der Waals surface area contributed by atoms with Gasteiger partial charge in [0, 0.05) is 6.61 Å². The minimum Gasteiger partial charge on any atom is -0.378 e. The summed E-state index contributed by atoms with van der Waals surface area (Å²) in [7, 11) is 0. The van der Waals surface area contributed by atoms with E-state index in [1.54, 1.807) is 0 Å². The van der Waals surface area contributed by atoms with Crippen molar-refractivity contribution in [3.8, 4) is 0 Å². The van der Waals surface area contributed by atoms with Crippen molar-refractivity contribution in [3.63, 3.8) is 0 Å². The van der Waals surface area contributed by atoms with Crippen molar-refractivity contribution >= 4 is 0 Å². The maximum atomic E-state index is 5.68. The number of hydrogen-bond acceptors (Lipinski definition) is 2. The zero-order chi connectivity index (χ0) is 7.73. The summed E-state index contributed by atoms with van der Waals surface area (Å²) in [4.78, 5) is 0. The van der Waals surface area contributed by atoms with Gasteiger partial charge in [0.05, 0.1) is 6.10 Å². The van der Waals surface area contributed by atoms with Gasteiger partial charge in [-0.25, -0.2) is 0 Å². The highest BCUT2D eigenvalue weighted by atomic mass is 16.5. The number of ether oxygens (including phenoxy) is 1. The van der Waals surface area contributed by atoms with Crippen molar-refractivity contribution in [1.82, 2.24) is 0 Å². The zero-order valence-electron chi connectivity index (χ0n) is 7.01. The second kappa shape index (κ2) is 2.76. The molecule has 2 fully saturated rings. The third-order valence-corrected chi connectivity index (χ3v) is 3.15. The first-order valence-electron chi connectivity index (χ1n) is 4.69. The van der Waals surface area contributed by atoms with Crippen molar-refractivity contribution in [2.75, 3.05) is 13.2 Å². The SMILES string of the molecule is NCCC1(C2CCCO2)CC1. The Hall–Kier alpha value is -0.0800. The topological polar surface area (TPSA) is 35.2 Å². The van der Waals surface area contributed by atoms with Gasteiger partial charge in [0.1, 0.15) is 0 Å². The summed E-state index contributed by atoms with van der Waals surface area (Å²) in [6.07, 6.45) is 6.99. The fourth-order valence-electron chi connectivity index (χ4n) is 2.24. The summed E-state index contributed by atoms with van der Waals surface area (Å²) < 4.78 is 5.68. The average molecular weight is 155 g/mol. The first-order valence-corrected chi connectivity index (χ1v) is 4.69. The molecule has 2 N–H and O–H groups in total. The van der Waals surface area contributed by atoms with Crippen LogP contribution in [0.2, 0.25) is 0 Å². The van der Waals surface area contributed by atoms with E-state index in [9.17, 15) is 0 Å². The molecule has 0 aromatic carbocycles. The van der Waals surface area contributed by atoms with Crippen LogP contribution in [0.1, 0.15) is 32.1 Å². The van der Waals surface area contributed by atoms with Gasteiger partial charge in [0.15, 0.2) is 0 Å². The van der Waals surface area contributed by atoms with Crippen LogP contribution in [0.5, 0.6) is 0 Å². The van der Waals surface area contributed by atoms with Gasteiger partial charge in [-0.15, -0.1) is 0 Å². The van der Waals surface area contributed by atoms with Crippen molar-refractivity contribution in [2.45, 2.75) is 38.2 Å². The molecule has 1 aliphatic carbocycles. The molecule has 2 rings (SSSR count). The summed E-state index contributed by atoms with van der Waals surface area (Å²) in [5, 5.41) is 0. The highest BCUT2D eigenvalue weighted by Crippen LogP contribution is 2.54. The largest absolute Gasteiger partial charge is 0.378 e. The lowest BCUT2D eigenvalue weighted by Gasteiger charge is -2.20. The minimum absolute atomic E-state index is 0.533. The van der Waals surface area contributed by atoms with E-state index >= 15 is 0 Å². The Morgan fingerprint density at radius 1 is 1.45 bits per heavy atom. The quantitative estimate of drug-likeness (QED) is 0.666. The van der Waals surface area contributed by atoms with Crippen LogP contribution >= 0.6 is 0 Å². The number of rotatable bonds is 3. The lowest BCUT2D eigenvalue weighted by atomic mass is 9.93. The standard InChI is InChI=1S/C9H17NO/c10-6-5-9(3-4-9)8-2-1-7-11-8/h8H,1-7,10H2. The molecule has 1 atom stereocenters. The Labute approximate surface area is 68.1 Å². The van der Waals surface area contributed by atoms with Crippen molar-refractivity contribution in [1.29, 1.82) is 0 Å². The molecule has 1 saturated heterocycles. The second-order valence-electron chi connectivity index (χ2n) is 3.90. The third kappa shape index (κ3) is 1.30. The fraction of sp³-hybridized carbons (Fsp3) is 1.00. The molecule has 0 radical (unpaired) electrons. The fourth-order valence-corrected chi connectivity index (χ4v) is 2.24. The Bertz CT molecular complexity index is 136. The van der Waals surface area contributed by atoms with E-state index in [1.165, 1.54) is 32.1 Å². The van der Waals surface area contributed by atoms with Gasteiger partial charge in [-0.3, -0.25) is 0 Å². The predicted octanol–water partition coefficient (Wildman–Crippen LogP) is 1.29. The lowest BCUT2D eigenvalue weighted by molar-refractivity contribution is 0.0485. The molecule has 2 heteroatoms. The Morgan fingerprint density at radius 3 is 2.73 bits per heavy atom. The summed E-state index contributed by atoms with van der Waals surface area (Å²) >= 11 is 0. The Kier molecular flexibility index (Phi) is 1.90. The van der Waals surface area contributed by atoms with E-state index < -0.39 is 0 Å². The summed E-state index contributed by atoms with van der Waals surface area (Å²) in [6.45, 7) is 1.82. The molecule has 0 amide bonds. The van der Waals surface area contributed by atoms with Crippen LogP contribution in [-0.4, -0.2) is 19.3 Å². The third-order valence-electron chi connectivity index (χ3n) is 3.15. The van der Waals surface area contributed by atoms with Crippen LogP contribution in [0.15, 0.2) is 0 Å². The summed E-state index contributed by atoms with van der Waals surface area (Å²) in [6, 6.07) is 0. The first kappa shape index (κ1) is 7.56. The van der Waals surface area contributed by atoms with Crippen LogP contribution in [0, 0.1) is 5.41 Å². The minimum atomic E-state index is 0.533. The molecular weight excluding hydrogens is 138 g/mol. The molecule has 0 aromatic rings. The van der Waals surface area contributed by atoms with Crippen molar-refractivity contribution < 1.29 is 4.74 Å². The first-order chi connectivity index (χ1) is 5.37. The van der Waals surface area contributed by atoms with Crippen molar-refractivity contribution in [2.24, 2.45) is 11.1 Å². The van der Waals surface area contributed by atoms with Crippen LogP contribution < -0.4 is 5.73 Å². The molecule has 0 spiro atoms. The van der Waals surface area contributed by atoms with Gasteiger partial charge in [-0.2, -0.15) is 0 Å². The molecule has 11 heavy (non-hydrogen) atoms. The molecule has 1 aliphatic heterocycles. The van der Waals surface area contributed by atoms with Crippen LogP contribution in [-0.2, 0) is 4.74 Å². The van der Waals surface area contributed by atoms with Crippen LogP contribution in [0.4, 0.5) is 0 Å². The molecule has 2 aliphatic rings. The summed E-state index contributed by atoms with van der Waals surface area (Å²) in [5.41, 5.74) is 6.10. The van der Waals surface area contributed by atoms with E-state index in [0.717, 1.165) is 13.2 Å². The van der Waals surface area contributed by atoms with Crippen molar-refractivity contribution in [3.05, 3.63) is 0 Å². The molecule has 0 bridgehead atoms. The second-order valence-corrected chi connectivity index (χ2v) is 3.90. The Balaban J connectivity index is 1.91. The Morgan fingerprint density at radius 2 is 2.27 bits per heavy atom. The maximum Gasteiger partial charge on any atom is 0.0632 e. The van der Waals surface area contributed by atoms with Gasteiger partial charge >= 0.3 is 0 Å². The van der Waals surface area contributed by atoms with E-state index in [1.807, 2.05) is 0 Å². The van der Waals surface area contributed by atoms with E-state index in [-0.39, 0.29) is 0 Å².